The average molecular weight is 349 g/mol. The Kier molecular flexibility index (Phi) is 3.87. The maximum Gasteiger partial charge on any atom is 0.304 e. The summed E-state index contributed by atoms with van der Waals surface area (Å²) in [5.41, 5.74) is 1.33. The molecule has 2 aliphatic rings. The van der Waals surface area contributed by atoms with E-state index in [0.717, 1.165) is 24.0 Å². The summed E-state index contributed by atoms with van der Waals surface area (Å²) in [5, 5.41) is 9.40. The topological polar surface area (TPSA) is 74.7 Å². The molecule has 1 N–H and O–H groups in total. The summed E-state index contributed by atoms with van der Waals surface area (Å²) in [6.07, 6.45) is 1.19. The van der Waals surface area contributed by atoms with Crippen molar-refractivity contribution in [3.63, 3.8) is 0 Å². The minimum absolute atomic E-state index is 0.0470. The first-order chi connectivity index (χ1) is 12.5. The van der Waals surface area contributed by atoms with Crippen molar-refractivity contribution in [3.05, 3.63) is 60.2 Å². The maximum atomic E-state index is 13.1. The summed E-state index contributed by atoms with van der Waals surface area (Å²) in [4.78, 5) is 38.3. The van der Waals surface area contributed by atoms with Crippen LogP contribution in [0.25, 0.3) is 11.1 Å². The van der Waals surface area contributed by atoms with E-state index in [-0.39, 0.29) is 30.7 Å². The normalized spacial score (nSPS) is 22.7. The van der Waals surface area contributed by atoms with Gasteiger partial charge in [-0.1, -0.05) is 54.6 Å². The lowest BCUT2D eigenvalue weighted by Gasteiger charge is -2.26. The van der Waals surface area contributed by atoms with Crippen LogP contribution in [0.2, 0.25) is 0 Å². The Morgan fingerprint density at radius 3 is 2.19 bits per heavy atom. The molecule has 0 bridgehead atoms. The highest BCUT2D eigenvalue weighted by Gasteiger charge is 2.57. The molecule has 1 heterocycles. The quantitative estimate of drug-likeness (QED) is 0.842. The molecule has 1 aliphatic carbocycles. The molecule has 0 aromatic heterocycles. The number of carbonyl (C=O) groups is 3. The molecule has 5 nitrogen and oxygen atoms in total. The molecule has 0 radical (unpaired) electrons. The van der Waals surface area contributed by atoms with Crippen molar-refractivity contribution in [1.29, 1.82) is 0 Å². The van der Waals surface area contributed by atoms with E-state index in [4.69, 9.17) is 0 Å². The first kappa shape index (κ1) is 16.5. The van der Waals surface area contributed by atoms with E-state index < -0.39 is 11.4 Å². The van der Waals surface area contributed by atoms with Gasteiger partial charge in [-0.05, 0) is 29.5 Å². The average Bonchev–Trinajstić information content (AvgIpc) is 3.43. The van der Waals surface area contributed by atoms with Gasteiger partial charge in [0.05, 0.1) is 11.8 Å². The molecule has 0 unspecified atom stereocenters. The number of rotatable bonds is 5. The number of aliphatic carboxylic acids is 1. The van der Waals surface area contributed by atoms with Crippen molar-refractivity contribution in [2.45, 2.75) is 37.1 Å². The van der Waals surface area contributed by atoms with E-state index in [0.29, 0.717) is 5.56 Å². The van der Waals surface area contributed by atoms with Crippen LogP contribution in [0.3, 0.4) is 0 Å². The Bertz CT molecular complexity index is 871. The highest BCUT2D eigenvalue weighted by Crippen LogP contribution is 2.44. The fourth-order valence-corrected chi connectivity index (χ4v) is 3.80. The zero-order chi connectivity index (χ0) is 18.3. The summed E-state index contributed by atoms with van der Waals surface area (Å²) >= 11 is 0. The molecule has 2 aromatic rings. The molecule has 1 atom stereocenters. The van der Waals surface area contributed by atoms with Gasteiger partial charge in [0.15, 0.2) is 0 Å². The van der Waals surface area contributed by atoms with Crippen LogP contribution in [0.15, 0.2) is 54.6 Å². The molecule has 5 heteroatoms. The lowest BCUT2D eigenvalue weighted by Crippen LogP contribution is -2.41. The van der Waals surface area contributed by atoms with Gasteiger partial charge >= 0.3 is 5.97 Å². The fourth-order valence-electron chi connectivity index (χ4n) is 3.80. The van der Waals surface area contributed by atoms with Gasteiger partial charge in [-0.2, -0.15) is 0 Å². The first-order valence-corrected chi connectivity index (χ1v) is 8.75. The van der Waals surface area contributed by atoms with E-state index in [1.165, 1.54) is 4.90 Å². The number of benzene rings is 2. The highest BCUT2D eigenvalue weighted by molar-refractivity contribution is 6.11. The van der Waals surface area contributed by atoms with Crippen molar-refractivity contribution in [1.82, 2.24) is 4.90 Å². The van der Waals surface area contributed by atoms with Crippen molar-refractivity contribution in [3.8, 4) is 11.1 Å². The largest absolute Gasteiger partial charge is 0.481 e. The lowest BCUT2D eigenvalue weighted by molar-refractivity contribution is -0.145. The second kappa shape index (κ2) is 6.09. The third-order valence-electron chi connectivity index (χ3n) is 5.26. The summed E-state index contributed by atoms with van der Waals surface area (Å²) in [7, 11) is 0. The minimum atomic E-state index is -1.29. The smallest absolute Gasteiger partial charge is 0.304 e. The van der Waals surface area contributed by atoms with Gasteiger partial charge in [-0.15, -0.1) is 0 Å². The van der Waals surface area contributed by atoms with Crippen molar-refractivity contribution < 1.29 is 19.5 Å². The van der Waals surface area contributed by atoms with E-state index >= 15 is 0 Å². The predicted molar refractivity (Wildman–Crippen MR) is 95.3 cm³/mol. The van der Waals surface area contributed by atoms with E-state index in [1.807, 2.05) is 42.5 Å². The predicted octanol–water partition coefficient (Wildman–Crippen LogP) is 2.99. The molecule has 4 rings (SSSR count). The van der Waals surface area contributed by atoms with Gasteiger partial charge in [0, 0.05) is 12.5 Å². The zero-order valence-corrected chi connectivity index (χ0v) is 14.2. The van der Waals surface area contributed by atoms with Crippen molar-refractivity contribution in [2.24, 2.45) is 0 Å². The number of hydrogen-bond acceptors (Lipinski definition) is 3. The number of likely N-dealkylation sites (tertiary alicyclic amines) is 1. The third-order valence-corrected chi connectivity index (χ3v) is 5.26. The molecular weight excluding hydrogens is 330 g/mol. The Labute approximate surface area is 151 Å². The van der Waals surface area contributed by atoms with Crippen LogP contribution in [-0.4, -0.2) is 33.8 Å². The zero-order valence-electron chi connectivity index (χ0n) is 14.2. The number of carboxylic acid groups (broad SMARTS) is 1. The number of nitrogens with zero attached hydrogens (tertiary/aromatic N) is 1. The summed E-state index contributed by atoms with van der Waals surface area (Å²) in [5.74, 6) is -1.69. The second-order valence-electron chi connectivity index (χ2n) is 7.07. The molecule has 1 aliphatic heterocycles. The first-order valence-electron chi connectivity index (χ1n) is 8.75. The summed E-state index contributed by atoms with van der Waals surface area (Å²) in [6.45, 7) is 0. The van der Waals surface area contributed by atoms with Crippen LogP contribution in [0, 0.1) is 0 Å². The van der Waals surface area contributed by atoms with Gasteiger partial charge < -0.3 is 5.11 Å². The van der Waals surface area contributed by atoms with Crippen LogP contribution in [0.4, 0.5) is 0 Å². The Morgan fingerprint density at radius 1 is 1.00 bits per heavy atom. The second-order valence-corrected chi connectivity index (χ2v) is 7.07. The molecule has 2 amide bonds. The van der Waals surface area contributed by atoms with Crippen LogP contribution >= 0.6 is 0 Å². The molecule has 132 valence electrons. The van der Waals surface area contributed by atoms with E-state index in [9.17, 15) is 19.5 Å². The minimum Gasteiger partial charge on any atom is -0.481 e. The summed E-state index contributed by atoms with van der Waals surface area (Å²) in [6, 6.07) is 17.1. The Balaban J connectivity index is 1.72. The molecule has 0 spiro atoms. The van der Waals surface area contributed by atoms with E-state index in [2.05, 4.69) is 0 Å². The third kappa shape index (κ3) is 2.69. The van der Waals surface area contributed by atoms with Crippen LogP contribution in [0.5, 0.6) is 0 Å². The van der Waals surface area contributed by atoms with Gasteiger partial charge in [-0.3, -0.25) is 19.3 Å². The van der Waals surface area contributed by atoms with Gasteiger partial charge in [-0.25, -0.2) is 0 Å². The number of imide groups is 1. The Morgan fingerprint density at radius 2 is 1.62 bits per heavy atom. The number of carboxylic acids is 1. The standard InChI is InChI=1S/C21H19NO4/c23-18-12-21(13-19(24)25,20(26)22(18)17-10-11-17)16-8-6-15(7-9-16)14-4-2-1-3-5-14/h1-9,17H,10-13H2,(H,24,25)/t21-/m1/s1. The number of hydrogen-bond donors (Lipinski definition) is 1. The van der Waals surface area contributed by atoms with Crippen LogP contribution in [-0.2, 0) is 19.8 Å². The number of amides is 2. The maximum absolute atomic E-state index is 13.1. The number of carbonyl (C=O) groups excluding carboxylic acids is 2. The van der Waals surface area contributed by atoms with E-state index in [1.54, 1.807) is 12.1 Å². The molecule has 26 heavy (non-hydrogen) atoms. The SMILES string of the molecule is O=C(O)C[C@@]1(c2ccc(-c3ccccc3)cc2)CC(=O)N(C2CC2)C1=O. The van der Waals surface area contributed by atoms with Crippen molar-refractivity contribution in [2.75, 3.05) is 0 Å². The fraction of sp³-hybridized carbons (Fsp3) is 0.286. The summed E-state index contributed by atoms with van der Waals surface area (Å²) < 4.78 is 0. The van der Waals surface area contributed by atoms with Gasteiger partial charge in [0.2, 0.25) is 11.8 Å². The molecule has 1 saturated carbocycles. The van der Waals surface area contributed by atoms with Crippen LogP contribution < -0.4 is 0 Å². The highest BCUT2D eigenvalue weighted by atomic mass is 16.4. The molecule has 2 aromatic carbocycles. The Hall–Kier alpha value is -2.95. The van der Waals surface area contributed by atoms with Gasteiger partial charge in [0.25, 0.3) is 0 Å². The van der Waals surface area contributed by atoms with Crippen molar-refractivity contribution >= 4 is 17.8 Å². The van der Waals surface area contributed by atoms with Crippen LogP contribution in [0.1, 0.15) is 31.2 Å². The lowest BCUT2D eigenvalue weighted by atomic mass is 9.75. The van der Waals surface area contributed by atoms with Gasteiger partial charge in [0.1, 0.15) is 0 Å². The molecule has 1 saturated heterocycles. The molecular formula is C21H19NO4. The molecule has 2 fully saturated rings. The monoisotopic (exact) mass is 349 g/mol.